The van der Waals surface area contributed by atoms with Crippen molar-refractivity contribution in [3.8, 4) is 5.75 Å². The Kier molecular flexibility index (Phi) is 4.82. The van der Waals surface area contributed by atoms with Crippen molar-refractivity contribution in [1.82, 2.24) is 5.32 Å². The zero-order valence-electron chi connectivity index (χ0n) is 13.6. The summed E-state index contributed by atoms with van der Waals surface area (Å²) in [6, 6.07) is 13.3. The van der Waals surface area contributed by atoms with Crippen molar-refractivity contribution in [3.63, 3.8) is 0 Å². The zero-order chi connectivity index (χ0) is 16.2. The molecule has 0 aliphatic carbocycles. The lowest BCUT2D eigenvalue weighted by Gasteiger charge is -2.25. The minimum Gasteiger partial charge on any atom is -0.487 e. The smallest absolute Gasteiger partial charge is 0.142 e. The van der Waals surface area contributed by atoms with E-state index in [0.717, 1.165) is 36.5 Å². The van der Waals surface area contributed by atoms with E-state index in [1.807, 2.05) is 18.2 Å². The molecule has 4 heteroatoms. The highest BCUT2D eigenvalue weighted by atomic mass is 19.1. The van der Waals surface area contributed by atoms with Gasteiger partial charge in [-0.3, -0.25) is 0 Å². The van der Waals surface area contributed by atoms with Gasteiger partial charge in [-0.2, -0.15) is 0 Å². The SMILES string of the molecule is CC(Cc1ccc2c(c1)NCC(C)O2)NCc1ccc(F)cc1. The summed E-state index contributed by atoms with van der Waals surface area (Å²) in [6.45, 7) is 5.81. The molecule has 3 nitrogen and oxygen atoms in total. The Bertz CT molecular complexity index is 657. The first-order valence-corrected chi connectivity index (χ1v) is 8.11. The molecule has 23 heavy (non-hydrogen) atoms. The van der Waals surface area contributed by atoms with Gasteiger partial charge in [0.25, 0.3) is 0 Å². The van der Waals surface area contributed by atoms with Crippen LogP contribution in [0.4, 0.5) is 10.1 Å². The van der Waals surface area contributed by atoms with Crippen LogP contribution in [-0.2, 0) is 13.0 Å². The molecular formula is C19H23FN2O. The summed E-state index contributed by atoms with van der Waals surface area (Å²) >= 11 is 0. The Labute approximate surface area is 136 Å². The van der Waals surface area contributed by atoms with Crippen LogP contribution in [0.1, 0.15) is 25.0 Å². The third-order valence-corrected chi connectivity index (χ3v) is 4.06. The van der Waals surface area contributed by atoms with E-state index < -0.39 is 0 Å². The van der Waals surface area contributed by atoms with E-state index in [1.165, 1.54) is 17.7 Å². The predicted molar refractivity (Wildman–Crippen MR) is 91.4 cm³/mol. The molecule has 0 spiro atoms. The van der Waals surface area contributed by atoms with E-state index in [9.17, 15) is 4.39 Å². The molecule has 1 aliphatic rings. The van der Waals surface area contributed by atoms with Gasteiger partial charge in [0.05, 0.1) is 12.2 Å². The Morgan fingerprint density at radius 1 is 1.22 bits per heavy atom. The number of rotatable bonds is 5. The molecule has 0 saturated carbocycles. The highest BCUT2D eigenvalue weighted by molar-refractivity contribution is 5.59. The number of ether oxygens (including phenoxy) is 1. The van der Waals surface area contributed by atoms with Crippen LogP contribution >= 0.6 is 0 Å². The van der Waals surface area contributed by atoms with Crippen molar-refractivity contribution in [1.29, 1.82) is 0 Å². The van der Waals surface area contributed by atoms with Crippen LogP contribution < -0.4 is 15.4 Å². The Balaban J connectivity index is 1.55. The quantitative estimate of drug-likeness (QED) is 0.882. The lowest BCUT2D eigenvalue weighted by Crippen LogP contribution is -2.29. The topological polar surface area (TPSA) is 33.3 Å². The Morgan fingerprint density at radius 3 is 2.74 bits per heavy atom. The van der Waals surface area contributed by atoms with Gasteiger partial charge in [-0.05, 0) is 55.7 Å². The fraction of sp³-hybridized carbons (Fsp3) is 0.368. The fourth-order valence-corrected chi connectivity index (χ4v) is 2.78. The van der Waals surface area contributed by atoms with Gasteiger partial charge in [0, 0.05) is 12.6 Å². The average molecular weight is 314 g/mol. The molecule has 0 aromatic heterocycles. The van der Waals surface area contributed by atoms with Gasteiger partial charge in [-0.25, -0.2) is 4.39 Å². The first kappa shape index (κ1) is 15.8. The summed E-state index contributed by atoms with van der Waals surface area (Å²) in [5, 5.41) is 6.89. The highest BCUT2D eigenvalue weighted by Crippen LogP contribution is 2.30. The number of benzene rings is 2. The summed E-state index contributed by atoms with van der Waals surface area (Å²) < 4.78 is 18.7. The highest BCUT2D eigenvalue weighted by Gasteiger charge is 2.15. The van der Waals surface area contributed by atoms with Crippen LogP contribution in [-0.4, -0.2) is 18.7 Å². The second kappa shape index (κ2) is 7.01. The molecule has 0 bridgehead atoms. The first-order chi connectivity index (χ1) is 11.1. The van der Waals surface area contributed by atoms with Crippen molar-refractivity contribution in [2.75, 3.05) is 11.9 Å². The fourth-order valence-electron chi connectivity index (χ4n) is 2.78. The molecule has 122 valence electrons. The van der Waals surface area contributed by atoms with E-state index >= 15 is 0 Å². The molecule has 2 aromatic carbocycles. The van der Waals surface area contributed by atoms with E-state index in [1.54, 1.807) is 0 Å². The minimum atomic E-state index is -0.195. The van der Waals surface area contributed by atoms with Gasteiger partial charge in [-0.15, -0.1) is 0 Å². The molecule has 1 heterocycles. The summed E-state index contributed by atoms with van der Waals surface area (Å²) in [5.41, 5.74) is 3.44. The molecule has 2 aromatic rings. The van der Waals surface area contributed by atoms with Crippen LogP contribution in [0.3, 0.4) is 0 Å². The standard InChI is InChI=1S/C19H23FN2O/c1-13(21-12-15-3-6-17(20)7-4-15)9-16-5-8-19-18(10-16)22-11-14(2)23-19/h3-8,10,13-14,21-22H,9,11-12H2,1-2H3. The largest absolute Gasteiger partial charge is 0.487 e. The van der Waals surface area contributed by atoms with Crippen molar-refractivity contribution in [3.05, 3.63) is 59.4 Å². The third-order valence-electron chi connectivity index (χ3n) is 4.06. The number of nitrogens with one attached hydrogen (secondary N) is 2. The molecule has 0 amide bonds. The predicted octanol–water partition coefficient (Wildman–Crippen LogP) is 3.74. The van der Waals surface area contributed by atoms with Crippen LogP contribution in [0.2, 0.25) is 0 Å². The molecular weight excluding hydrogens is 291 g/mol. The second-order valence-electron chi connectivity index (χ2n) is 6.25. The molecule has 0 saturated heterocycles. The minimum absolute atomic E-state index is 0.195. The maximum absolute atomic E-state index is 12.9. The van der Waals surface area contributed by atoms with Crippen molar-refractivity contribution in [2.24, 2.45) is 0 Å². The van der Waals surface area contributed by atoms with E-state index in [0.29, 0.717) is 6.04 Å². The van der Waals surface area contributed by atoms with Crippen LogP contribution in [0.15, 0.2) is 42.5 Å². The molecule has 2 N–H and O–H groups in total. The lowest BCUT2D eigenvalue weighted by molar-refractivity contribution is 0.226. The monoisotopic (exact) mass is 314 g/mol. The van der Waals surface area contributed by atoms with Crippen LogP contribution in [0.5, 0.6) is 5.75 Å². The zero-order valence-corrected chi connectivity index (χ0v) is 13.6. The van der Waals surface area contributed by atoms with Gasteiger partial charge < -0.3 is 15.4 Å². The Morgan fingerprint density at radius 2 is 1.96 bits per heavy atom. The molecule has 0 fully saturated rings. The van der Waals surface area contributed by atoms with E-state index in [2.05, 4.69) is 36.6 Å². The summed E-state index contributed by atoms with van der Waals surface area (Å²) in [6.07, 6.45) is 1.15. The normalized spacial score (nSPS) is 17.8. The first-order valence-electron chi connectivity index (χ1n) is 8.11. The number of hydrogen-bond acceptors (Lipinski definition) is 3. The number of fused-ring (bicyclic) bond motifs is 1. The van der Waals surface area contributed by atoms with Gasteiger partial charge in [0.1, 0.15) is 17.7 Å². The molecule has 2 atom stereocenters. The summed E-state index contributed by atoms with van der Waals surface area (Å²) in [4.78, 5) is 0. The van der Waals surface area contributed by atoms with Crippen molar-refractivity contribution in [2.45, 2.75) is 39.0 Å². The van der Waals surface area contributed by atoms with E-state index in [4.69, 9.17) is 4.74 Å². The van der Waals surface area contributed by atoms with Crippen LogP contribution in [0, 0.1) is 5.82 Å². The average Bonchev–Trinajstić information content (AvgIpc) is 2.54. The van der Waals surface area contributed by atoms with E-state index in [-0.39, 0.29) is 11.9 Å². The van der Waals surface area contributed by atoms with Crippen molar-refractivity contribution >= 4 is 5.69 Å². The third kappa shape index (κ3) is 4.23. The van der Waals surface area contributed by atoms with Crippen LogP contribution in [0.25, 0.3) is 0 Å². The molecule has 1 aliphatic heterocycles. The lowest BCUT2D eigenvalue weighted by atomic mass is 10.0. The number of anilines is 1. The second-order valence-corrected chi connectivity index (χ2v) is 6.25. The summed E-state index contributed by atoms with van der Waals surface area (Å²) in [5.74, 6) is 0.735. The van der Waals surface area contributed by atoms with Gasteiger partial charge in [0.2, 0.25) is 0 Å². The molecule has 3 rings (SSSR count). The maximum Gasteiger partial charge on any atom is 0.142 e. The molecule has 0 radical (unpaired) electrons. The molecule has 2 unspecified atom stereocenters. The van der Waals surface area contributed by atoms with Gasteiger partial charge in [-0.1, -0.05) is 18.2 Å². The number of hydrogen-bond donors (Lipinski definition) is 2. The maximum atomic E-state index is 12.9. The Hall–Kier alpha value is -2.07. The summed E-state index contributed by atoms with van der Waals surface area (Å²) in [7, 11) is 0. The van der Waals surface area contributed by atoms with Gasteiger partial charge in [0.15, 0.2) is 0 Å². The van der Waals surface area contributed by atoms with Crippen molar-refractivity contribution < 1.29 is 9.13 Å². The van der Waals surface area contributed by atoms with Gasteiger partial charge >= 0.3 is 0 Å². The number of halogens is 1.